The average Bonchev–Trinajstić information content (AvgIpc) is 2.62. The molecule has 26 heavy (non-hydrogen) atoms. The van der Waals surface area contributed by atoms with Gasteiger partial charge in [0.15, 0.2) is 5.96 Å². The van der Waals surface area contributed by atoms with Gasteiger partial charge in [0.2, 0.25) is 0 Å². The first-order chi connectivity index (χ1) is 12.6. The Balaban J connectivity index is 1.45. The molecule has 0 atom stereocenters. The van der Waals surface area contributed by atoms with Crippen LogP contribution in [0.3, 0.4) is 0 Å². The maximum absolute atomic E-state index is 5.97. The van der Waals surface area contributed by atoms with E-state index in [1.165, 1.54) is 5.56 Å². The Kier molecular flexibility index (Phi) is 6.79. The highest BCUT2D eigenvalue weighted by Crippen LogP contribution is 2.26. The van der Waals surface area contributed by atoms with E-state index in [1.807, 2.05) is 12.1 Å². The highest BCUT2D eigenvalue weighted by atomic mass is 35.5. The molecule has 3 rings (SSSR count). The second kappa shape index (κ2) is 9.07. The summed E-state index contributed by atoms with van der Waals surface area (Å²) in [6.45, 7) is 10.9. The summed E-state index contributed by atoms with van der Waals surface area (Å²) >= 11 is 5.97. The number of rotatable bonds is 6. The number of hydrogen-bond donors (Lipinski definition) is 2. The van der Waals surface area contributed by atoms with Crippen molar-refractivity contribution in [3.05, 3.63) is 34.9 Å². The summed E-state index contributed by atoms with van der Waals surface area (Å²) in [4.78, 5) is 7.30. The monoisotopic (exact) mass is 378 g/mol. The molecule has 0 bridgehead atoms. The van der Waals surface area contributed by atoms with Gasteiger partial charge in [0.05, 0.1) is 19.8 Å². The molecule has 0 radical (unpaired) electrons. The highest BCUT2D eigenvalue weighted by molar-refractivity contribution is 6.30. The summed E-state index contributed by atoms with van der Waals surface area (Å²) in [6, 6.07) is 8.66. The Morgan fingerprint density at radius 2 is 1.96 bits per heavy atom. The number of benzene rings is 1. The van der Waals surface area contributed by atoms with E-state index >= 15 is 0 Å². The minimum atomic E-state index is 0.213. The summed E-state index contributed by atoms with van der Waals surface area (Å²) in [5.41, 5.74) is 1.54. The first-order valence-corrected chi connectivity index (χ1v) is 10.0. The van der Waals surface area contributed by atoms with Gasteiger partial charge in [0, 0.05) is 42.7 Å². The molecule has 2 N–H and O–H groups in total. The molecule has 2 heterocycles. The maximum Gasteiger partial charge on any atom is 0.191 e. The summed E-state index contributed by atoms with van der Waals surface area (Å²) in [6.07, 6.45) is 2.27. The quantitative estimate of drug-likeness (QED) is 0.590. The third-order valence-corrected chi connectivity index (χ3v) is 5.36. The van der Waals surface area contributed by atoms with Gasteiger partial charge >= 0.3 is 0 Å². The zero-order valence-corrected chi connectivity index (χ0v) is 16.7. The first kappa shape index (κ1) is 19.5. The maximum atomic E-state index is 5.97. The van der Waals surface area contributed by atoms with E-state index in [2.05, 4.69) is 41.5 Å². The molecule has 0 aliphatic carbocycles. The van der Waals surface area contributed by atoms with E-state index in [4.69, 9.17) is 21.3 Å². The minimum Gasteiger partial charge on any atom is -0.380 e. The largest absolute Gasteiger partial charge is 0.380 e. The van der Waals surface area contributed by atoms with Crippen molar-refractivity contribution < 1.29 is 4.74 Å². The standard InChI is InChI=1S/C20H31ClN4O/c1-3-22-19(23-13-20(2)14-26-15-20)24-18-8-10-25(11-9-18)12-16-4-6-17(21)7-5-16/h4-7,18H,3,8-15H2,1-2H3,(H2,22,23,24). The van der Waals surface area contributed by atoms with E-state index < -0.39 is 0 Å². The molecule has 0 aromatic heterocycles. The number of piperidine rings is 1. The summed E-state index contributed by atoms with van der Waals surface area (Å²) in [5, 5.41) is 7.80. The van der Waals surface area contributed by atoms with Crippen LogP contribution in [0.4, 0.5) is 0 Å². The Bertz CT molecular complexity index is 592. The van der Waals surface area contributed by atoms with Crippen LogP contribution in [0.25, 0.3) is 0 Å². The third kappa shape index (κ3) is 5.60. The fourth-order valence-electron chi connectivity index (χ4n) is 3.41. The van der Waals surface area contributed by atoms with Gasteiger partial charge < -0.3 is 15.4 Å². The first-order valence-electron chi connectivity index (χ1n) is 9.66. The lowest BCUT2D eigenvalue weighted by atomic mass is 9.89. The van der Waals surface area contributed by atoms with Crippen molar-refractivity contribution in [3.8, 4) is 0 Å². The van der Waals surface area contributed by atoms with Crippen LogP contribution in [0.1, 0.15) is 32.3 Å². The van der Waals surface area contributed by atoms with Crippen LogP contribution in [0.5, 0.6) is 0 Å². The normalized spacial score (nSPS) is 21.3. The molecule has 1 aromatic rings. The highest BCUT2D eigenvalue weighted by Gasteiger charge is 2.33. The molecular formula is C20H31ClN4O. The fourth-order valence-corrected chi connectivity index (χ4v) is 3.53. The number of halogens is 1. The van der Waals surface area contributed by atoms with Crippen molar-refractivity contribution >= 4 is 17.6 Å². The molecule has 0 unspecified atom stereocenters. The lowest BCUT2D eigenvalue weighted by Gasteiger charge is -2.37. The van der Waals surface area contributed by atoms with Crippen LogP contribution in [-0.2, 0) is 11.3 Å². The lowest BCUT2D eigenvalue weighted by molar-refractivity contribution is -0.0945. The summed E-state index contributed by atoms with van der Waals surface area (Å²) in [5.74, 6) is 0.941. The predicted molar refractivity (Wildman–Crippen MR) is 108 cm³/mol. The Morgan fingerprint density at radius 3 is 2.54 bits per heavy atom. The number of nitrogens with one attached hydrogen (secondary N) is 2. The smallest absolute Gasteiger partial charge is 0.191 e. The topological polar surface area (TPSA) is 48.9 Å². The number of likely N-dealkylation sites (tertiary alicyclic amines) is 1. The Labute approximate surface area is 162 Å². The molecule has 2 aliphatic heterocycles. The van der Waals surface area contributed by atoms with Gasteiger partial charge in [0.1, 0.15) is 0 Å². The van der Waals surface area contributed by atoms with Crippen molar-refractivity contribution in [1.82, 2.24) is 15.5 Å². The molecule has 0 spiro atoms. The molecule has 0 amide bonds. The van der Waals surface area contributed by atoms with Gasteiger partial charge in [0.25, 0.3) is 0 Å². The second-order valence-electron chi connectivity index (χ2n) is 7.82. The van der Waals surface area contributed by atoms with Crippen LogP contribution < -0.4 is 10.6 Å². The molecule has 1 aromatic carbocycles. The number of guanidine groups is 1. The van der Waals surface area contributed by atoms with Gasteiger partial charge in [-0.3, -0.25) is 9.89 Å². The fraction of sp³-hybridized carbons (Fsp3) is 0.650. The summed E-state index contributed by atoms with van der Waals surface area (Å²) < 4.78 is 5.32. The SMILES string of the molecule is CCNC(=NCC1(C)COC1)NC1CCN(Cc2ccc(Cl)cc2)CC1. The third-order valence-electron chi connectivity index (χ3n) is 5.11. The van der Waals surface area contributed by atoms with Crippen molar-refractivity contribution in [3.63, 3.8) is 0 Å². The molecular weight excluding hydrogens is 348 g/mol. The predicted octanol–water partition coefficient (Wildman–Crippen LogP) is 2.90. The number of ether oxygens (including phenoxy) is 1. The van der Waals surface area contributed by atoms with Crippen molar-refractivity contribution in [2.24, 2.45) is 10.4 Å². The van der Waals surface area contributed by atoms with E-state index in [-0.39, 0.29) is 5.41 Å². The number of nitrogens with zero attached hydrogens (tertiary/aromatic N) is 2. The molecule has 2 saturated heterocycles. The Morgan fingerprint density at radius 1 is 1.27 bits per heavy atom. The molecule has 6 heteroatoms. The van der Waals surface area contributed by atoms with E-state index in [0.29, 0.717) is 6.04 Å². The molecule has 2 aliphatic rings. The zero-order valence-electron chi connectivity index (χ0n) is 15.9. The average molecular weight is 379 g/mol. The molecule has 2 fully saturated rings. The van der Waals surface area contributed by atoms with E-state index in [1.54, 1.807) is 0 Å². The minimum absolute atomic E-state index is 0.213. The van der Waals surface area contributed by atoms with Crippen molar-refractivity contribution in [2.45, 2.75) is 39.3 Å². The molecule has 144 valence electrons. The number of hydrogen-bond acceptors (Lipinski definition) is 3. The zero-order chi connectivity index (χ0) is 18.4. The van der Waals surface area contributed by atoms with Crippen LogP contribution in [0.15, 0.2) is 29.3 Å². The van der Waals surface area contributed by atoms with Crippen LogP contribution in [0.2, 0.25) is 5.02 Å². The second-order valence-corrected chi connectivity index (χ2v) is 8.26. The van der Waals surface area contributed by atoms with Gasteiger partial charge in [-0.05, 0) is 37.5 Å². The molecule has 0 saturated carbocycles. The van der Waals surface area contributed by atoms with Crippen molar-refractivity contribution in [1.29, 1.82) is 0 Å². The Hall–Kier alpha value is -1.30. The van der Waals surface area contributed by atoms with Crippen LogP contribution >= 0.6 is 11.6 Å². The molecule has 5 nitrogen and oxygen atoms in total. The van der Waals surface area contributed by atoms with E-state index in [9.17, 15) is 0 Å². The van der Waals surface area contributed by atoms with Gasteiger partial charge in [-0.25, -0.2) is 0 Å². The van der Waals surface area contributed by atoms with Gasteiger partial charge in [-0.2, -0.15) is 0 Å². The van der Waals surface area contributed by atoms with Crippen LogP contribution in [0, 0.1) is 5.41 Å². The summed E-state index contributed by atoms with van der Waals surface area (Å²) in [7, 11) is 0. The number of aliphatic imine (C=N–C) groups is 1. The van der Waals surface area contributed by atoms with Crippen LogP contribution in [-0.4, -0.2) is 56.3 Å². The van der Waals surface area contributed by atoms with E-state index in [0.717, 1.165) is 69.8 Å². The lowest BCUT2D eigenvalue weighted by Crippen LogP contribution is -2.49. The van der Waals surface area contributed by atoms with Crippen molar-refractivity contribution in [2.75, 3.05) is 39.4 Å². The van der Waals surface area contributed by atoms with Gasteiger partial charge in [-0.1, -0.05) is 30.7 Å². The van der Waals surface area contributed by atoms with Gasteiger partial charge in [-0.15, -0.1) is 0 Å².